The number of benzene rings is 3. The van der Waals surface area contributed by atoms with Gasteiger partial charge in [-0.25, -0.2) is 9.59 Å². The van der Waals surface area contributed by atoms with Crippen molar-refractivity contribution in [2.45, 2.75) is 43.1 Å². The van der Waals surface area contributed by atoms with Gasteiger partial charge < -0.3 is 10.2 Å². The van der Waals surface area contributed by atoms with Gasteiger partial charge in [-0.1, -0.05) is 42.3 Å². The normalized spacial score (nSPS) is 17.8. The Bertz CT molecular complexity index is 1520. The average molecular weight is 489 g/mol. The smallest absolute Gasteiger partial charge is 0.335 e. The third kappa shape index (κ3) is 3.27. The number of carboxylic acids is 1. The van der Waals surface area contributed by atoms with Crippen LogP contribution in [0.2, 0.25) is 5.02 Å². The predicted molar refractivity (Wildman–Crippen MR) is 135 cm³/mol. The van der Waals surface area contributed by atoms with Crippen LogP contribution in [0.5, 0.6) is 0 Å². The van der Waals surface area contributed by atoms with Gasteiger partial charge in [-0.3, -0.25) is 9.13 Å². The number of aliphatic hydroxyl groups excluding tert-OH is 1. The molecule has 35 heavy (non-hydrogen) atoms. The molecule has 4 aromatic rings. The maximum absolute atomic E-state index is 14.0. The quantitative estimate of drug-likeness (QED) is 0.395. The summed E-state index contributed by atoms with van der Waals surface area (Å²) in [6.07, 6.45) is 4.54. The minimum atomic E-state index is -0.989. The molecule has 0 bridgehead atoms. The van der Waals surface area contributed by atoms with E-state index in [4.69, 9.17) is 11.6 Å². The molecule has 3 aromatic carbocycles. The standard InChI is InChI=1S/C28H25ClN2O4/c29-21-7-10-23-24(16-21)30(22-8-5-19(6-9-22)27(17-32)11-2-12-27)26(35)31(23)28(13-14-28)20-4-1-3-18(15-20)25(33)34/h1,3-10,15-16,32H,2,11-14,17H2,(H,33,34). The molecule has 2 aliphatic rings. The maximum atomic E-state index is 14.0. The molecule has 178 valence electrons. The van der Waals surface area contributed by atoms with Crippen LogP contribution in [0, 0.1) is 0 Å². The summed E-state index contributed by atoms with van der Waals surface area (Å²) in [7, 11) is 0. The summed E-state index contributed by atoms with van der Waals surface area (Å²) >= 11 is 6.35. The van der Waals surface area contributed by atoms with E-state index >= 15 is 0 Å². The van der Waals surface area contributed by atoms with Crippen LogP contribution in [0.15, 0.2) is 71.5 Å². The van der Waals surface area contributed by atoms with Crippen LogP contribution in [0.4, 0.5) is 0 Å². The summed E-state index contributed by atoms with van der Waals surface area (Å²) in [5.41, 5.74) is 3.36. The second kappa shape index (κ2) is 7.83. The molecule has 0 saturated heterocycles. The van der Waals surface area contributed by atoms with Gasteiger partial charge in [0.1, 0.15) is 0 Å². The first-order valence-corrected chi connectivity index (χ1v) is 12.3. The monoisotopic (exact) mass is 488 g/mol. The van der Waals surface area contributed by atoms with Gasteiger partial charge in [0, 0.05) is 10.4 Å². The highest BCUT2D eigenvalue weighted by atomic mass is 35.5. The van der Waals surface area contributed by atoms with Crippen molar-refractivity contribution in [1.82, 2.24) is 9.13 Å². The lowest BCUT2D eigenvalue weighted by Gasteiger charge is -2.40. The first kappa shape index (κ1) is 22.1. The van der Waals surface area contributed by atoms with Crippen molar-refractivity contribution >= 4 is 28.6 Å². The highest BCUT2D eigenvalue weighted by molar-refractivity contribution is 6.31. The van der Waals surface area contributed by atoms with Crippen LogP contribution in [-0.2, 0) is 11.0 Å². The Morgan fingerprint density at radius 3 is 2.26 bits per heavy atom. The van der Waals surface area contributed by atoms with E-state index in [1.165, 1.54) is 0 Å². The molecule has 6 rings (SSSR count). The molecule has 0 radical (unpaired) electrons. The molecular weight excluding hydrogens is 464 g/mol. The van der Waals surface area contributed by atoms with E-state index in [1.807, 2.05) is 36.4 Å². The van der Waals surface area contributed by atoms with Gasteiger partial charge in [0.15, 0.2) is 0 Å². The number of nitrogens with zero attached hydrogens (tertiary/aromatic N) is 2. The van der Waals surface area contributed by atoms with Crippen molar-refractivity contribution < 1.29 is 15.0 Å². The molecule has 2 N–H and O–H groups in total. The second-order valence-electron chi connectivity index (χ2n) is 9.84. The van der Waals surface area contributed by atoms with Crippen molar-refractivity contribution in [2.24, 2.45) is 0 Å². The first-order chi connectivity index (χ1) is 16.9. The summed E-state index contributed by atoms with van der Waals surface area (Å²) in [4.78, 5) is 25.6. The second-order valence-corrected chi connectivity index (χ2v) is 10.3. The first-order valence-electron chi connectivity index (χ1n) is 11.9. The van der Waals surface area contributed by atoms with E-state index in [9.17, 15) is 19.8 Å². The molecule has 0 aliphatic heterocycles. The van der Waals surface area contributed by atoms with Gasteiger partial charge in [0.2, 0.25) is 0 Å². The third-order valence-corrected chi connectivity index (χ3v) is 8.19. The van der Waals surface area contributed by atoms with Crippen LogP contribution in [-0.4, -0.2) is 31.9 Å². The largest absolute Gasteiger partial charge is 0.478 e. The van der Waals surface area contributed by atoms with Crippen molar-refractivity contribution in [2.75, 3.05) is 6.61 Å². The van der Waals surface area contributed by atoms with Gasteiger partial charge >= 0.3 is 11.7 Å². The summed E-state index contributed by atoms with van der Waals surface area (Å²) in [6.45, 7) is 0.124. The van der Waals surface area contributed by atoms with E-state index in [0.717, 1.165) is 54.4 Å². The number of aromatic nitrogens is 2. The van der Waals surface area contributed by atoms with Crippen LogP contribution in [0.25, 0.3) is 16.7 Å². The topological polar surface area (TPSA) is 84.5 Å². The lowest BCUT2D eigenvalue weighted by molar-refractivity contribution is 0.0696. The Labute approximate surface area is 207 Å². The zero-order valence-corrected chi connectivity index (χ0v) is 19.8. The van der Waals surface area contributed by atoms with E-state index in [-0.39, 0.29) is 23.3 Å². The number of hydrogen-bond donors (Lipinski definition) is 2. The summed E-state index contributed by atoms with van der Waals surface area (Å²) < 4.78 is 3.48. The summed E-state index contributed by atoms with van der Waals surface area (Å²) in [5, 5.41) is 20.0. The maximum Gasteiger partial charge on any atom is 0.335 e. The molecule has 2 aliphatic carbocycles. The Morgan fingerprint density at radius 1 is 0.914 bits per heavy atom. The molecule has 0 spiro atoms. The number of rotatable bonds is 6. The highest BCUT2D eigenvalue weighted by Crippen LogP contribution is 2.50. The van der Waals surface area contributed by atoms with Crippen molar-refractivity contribution in [3.05, 3.63) is 98.9 Å². The zero-order valence-electron chi connectivity index (χ0n) is 19.1. The number of carboxylic acid groups (broad SMARTS) is 1. The van der Waals surface area contributed by atoms with Crippen LogP contribution in [0.1, 0.15) is 53.6 Å². The minimum Gasteiger partial charge on any atom is -0.478 e. The van der Waals surface area contributed by atoms with E-state index in [2.05, 4.69) is 0 Å². The lowest BCUT2D eigenvalue weighted by atomic mass is 9.65. The fourth-order valence-corrected chi connectivity index (χ4v) is 5.81. The molecule has 0 unspecified atom stereocenters. The fraction of sp³-hybridized carbons (Fsp3) is 0.286. The summed E-state index contributed by atoms with van der Waals surface area (Å²) in [6, 6.07) is 20.2. The fourth-order valence-electron chi connectivity index (χ4n) is 5.64. The van der Waals surface area contributed by atoms with Gasteiger partial charge in [-0.2, -0.15) is 0 Å². The molecule has 0 atom stereocenters. The predicted octanol–water partition coefficient (Wildman–Crippen LogP) is 5.10. The minimum absolute atomic E-state index is 0.124. The third-order valence-electron chi connectivity index (χ3n) is 7.95. The Hall–Kier alpha value is -3.35. The van der Waals surface area contributed by atoms with Crippen molar-refractivity contribution in [3.8, 4) is 5.69 Å². The molecule has 1 aromatic heterocycles. The van der Waals surface area contributed by atoms with E-state index in [0.29, 0.717) is 10.5 Å². The number of aliphatic hydroxyl groups is 1. The molecule has 6 nitrogen and oxygen atoms in total. The van der Waals surface area contributed by atoms with Crippen molar-refractivity contribution in [3.63, 3.8) is 0 Å². The number of carbonyl (C=O) groups is 1. The number of fused-ring (bicyclic) bond motifs is 1. The van der Waals surface area contributed by atoms with Gasteiger partial charge in [0.25, 0.3) is 0 Å². The molecule has 7 heteroatoms. The van der Waals surface area contributed by atoms with E-state index < -0.39 is 11.5 Å². The van der Waals surface area contributed by atoms with Crippen molar-refractivity contribution in [1.29, 1.82) is 0 Å². The average Bonchev–Trinajstić information content (AvgIpc) is 3.58. The van der Waals surface area contributed by atoms with Gasteiger partial charge in [-0.05, 0) is 79.3 Å². The number of hydrogen-bond acceptors (Lipinski definition) is 3. The molecule has 1 heterocycles. The SMILES string of the molecule is O=C(O)c1cccc(C2(n3c(=O)n(-c4ccc(C5(CO)CCC5)cc4)c4cc(Cl)ccc43)CC2)c1. The highest BCUT2D eigenvalue weighted by Gasteiger charge is 2.49. The van der Waals surface area contributed by atoms with E-state index in [1.54, 1.807) is 39.5 Å². The Kier molecular flexibility index (Phi) is 4.95. The van der Waals surface area contributed by atoms with Gasteiger partial charge in [-0.15, -0.1) is 0 Å². The zero-order chi connectivity index (χ0) is 24.4. The van der Waals surface area contributed by atoms with Crippen LogP contribution < -0.4 is 5.69 Å². The molecule has 2 saturated carbocycles. The lowest BCUT2D eigenvalue weighted by Crippen LogP contribution is -2.37. The van der Waals surface area contributed by atoms with Crippen LogP contribution >= 0.6 is 11.6 Å². The molecular formula is C28H25ClN2O4. The number of imidazole rings is 1. The number of halogens is 1. The van der Waals surface area contributed by atoms with Gasteiger partial charge in [0.05, 0.1) is 34.4 Å². The number of aromatic carboxylic acids is 1. The van der Waals surface area contributed by atoms with Crippen LogP contribution in [0.3, 0.4) is 0 Å². The molecule has 0 amide bonds. The Balaban J connectivity index is 1.53. The molecule has 2 fully saturated rings. The Morgan fingerprint density at radius 2 is 1.66 bits per heavy atom. The summed E-state index contributed by atoms with van der Waals surface area (Å²) in [5.74, 6) is -0.989.